The zero-order valence-electron chi connectivity index (χ0n) is 7.12. The second kappa shape index (κ2) is 3.53. The van der Waals surface area contributed by atoms with Crippen molar-refractivity contribution in [2.24, 2.45) is 5.73 Å². The first-order valence-corrected chi connectivity index (χ1v) is 4.05. The van der Waals surface area contributed by atoms with Crippen molar-refractivity contribution in [1.29, 1.82) is 0 Å². The standard InChI is InChI=1S/C8H15N3/c1-3-8(9)7-5-10-11(4-2)6-7/h5-6,8H,3-4,9H2,1-2H3/t8-/m1/s1. The predicted octanol–water partition coefficient (Wildman–Crippen LogP) is 1.31. The van der Waals surface area contributed by atoms with Gasteiger partial charge in [-0.3, -0.25) is 4.68 Å². The molecule has 1 rings (SSSR count). The average Bonchev–Trinajstić information content (AvgIpc) is 2.50. The molecule has 0 fully saturated rings. The van der Waals surface area contributed by atoms with Gasteiger partial charge < -0.3 is 5.73 Å². The van der Waals surface area contributed by atoms with Gasteiger partial charge in [0.2, 0.25) is 0 Å². The predicted molar refractivity (Wildman–Crippen MR) is 45.1 cm³/mol. The summed E-state index contributed by atoms with van der Waals surface area (Å²) in [7, 11) is 0. The lowest BCUT2D eigenvalue weighted by Gasteiger charge is -2.03. The minimum absolute atomic E-state index is 0.148. The van der Waals surface area contributed by atoms with Crippen LogP contribution in [-0.2, 0) is 6.54 Å². The molecule has 0 saturated carbocycles. The Hall–Kier alpha value is -0.830. The summed E-state index contributed by atoms with van der Waals surface area (Å²) in [5.74, 6) is 0. The van der Waals surface area contributed by atoms with Crippen LogP contribution in [0.25, 0.3) is 0 Å². The van der Waals surface area contributed by atoms with Gasteiger partial charge >= 0.3 is 0 Å². The molecule has 0 aromatic carbocycles. The number of aryl methyl sites for hydroxylation is 1. The molecule has 0 radical (unpaired) electrons. The third-order valence-electron chi connectivity index (χ3n) is 1.85. The van der Waals surface area contributed by atoms with Crippen molar-refractivity contribution in [3.8, 4) is 0 Å². The molecule has 0 aliphatic carbocycles. The van der Waals surface area contributed by atoms with Crippen molar-refractivity contribution in [2.75, 3.05) is 0 Å². The second-order valence-electron chi connectivity index (χ2n) is 2.64. The molecule has 0 spiro atoms. The summed E-state index contributed by atoms with van der Waals surface area (Å²) in [6, 6.07) is 0.148. The molecule has 3 heteroatoms. The molecule has 0 saturated heterocycles. The van der Waals surface area contributed by atoms with E-state index < -0.39 is 0 Å². The van der Waals surface area contributed by atoms with Gasteiger partial charge in [0.1, 0.15) is 0 Å². The number of nitrogens with two attached hydrogens (primary N) is 1. The minimum atomic E-state index is 0.148. The molecule has 3 nitrogen and oxygen atoms in total. The maximum absolute atomic E-state index is 5.81. The summed E-state index contributed by atoms with van der Waals surface area (Å²) in [6.45, 7) is 5.05. The average molecular weight is 153 g/mol. The normalized spacial score (nSPS) is 13.4. The quantitative estimate of drug-likeness (QED) is 0.711. The van der Waals surface area contributed by atoms with Crippen LogP contribution in [0.5, 0.6) is 0 Å². The highest BCUT2D eigenvalue weighted by Gasteiger charge is 2.04. The zero-order chi connectivity index (χ0) is 8.27. The van der Waals surface area contributed by atoms with E-state index in [1.54, 1.807) is 0 Å². The van der Waals surface area contributed by atoms with Gasteiger partial charge in [0, 0.05) is 24.3 Å². The summed E-state index contributed by atoms with van der Waals surface area (Å²) in [5, 5.41) is 4.14. The highest BCUT2D eigenvalue weighted by atomic mass is 15.3. The van der Waals surface area contributed by atoms with E-state index in [-0.39, 0.29) is 6.04 Å². The fourth-order valence-corrected chi connectivity index (χ4v) is 0.980. The Kier molecular flexibility index (Phi) is 2.65. The Bertz CT molecular complexity index is 217. The highest BCUT2D eigenvalue weighted by Crippen LogP contribution is 2.11. The molecular weight excluding hydrogens is 138 g/mol. The van der Waals surface area contributed by atoms with Crippen LogP contribution in [0.1, 0.15) is 31.9 Å². The Balaban J connectivity index is 2.71. The number of hydrogen-bond donors (Lipinski definition) is 1. The lowest BCUT2D eigenvalue weighted by molar-refractivity contribution is 0.654. The molecule has 0 aliphatic rings. The first kappa shape index (κ1) is 8.27. The largest absolute Gasteiger partial charge is 0.324 e. The van der Waals surface area contributed by atoms with Gasteiger partial charge in [0.25, 0.3) is 0 Å². The summed E-state index contributed by atoms with van der Waals surface area (Å²) in [4.78, 5) is 0. The Morgan fingerprint density at radius 2 is 2.36 bits per heavy atom. The van der Waals surface area contributed by atoms with Crippen LogP contribution < -0.4 is 5.73 Å². The van der Waals surface area contributed by atoms with Crippen molar-refractivity contribution < 1.29 is 0 Å². The Morgan fingerprint density at radius 3 is 2.82 bits per heavy atom. The van der Waals surface area contributed by atoms with Crippen molar-refractivity contribution in [3.05, 3.63) is 18.0 Å². The first-order valence-electron chi connectivity index (χ1n) is 4.05. The fraction of sp³-hybridized carbons (Fsp3) is 0.625. The molecular formula is C8H15N3. The number of aromatic nitrogens is 2. The molecule has 0 aliphatic heterocycles. The molecule has 2 N–H and O–H groups in total. The molecule has 11 heavy (non-hydrogen) atoms. The van der Waals surface area contributed by atoms with Gasteiger partial charge in [0.05, 0.1) is 6.20 Å². The van der Waals surface area contributed by atoms with Gasteiger partial charge in [-0.25, -0.2) is 0 Å². The van der Waals surface area contributed by atoms with E-state index in [9.17, 15) is 0 Å². The zero-order valence-corrected chi connectivity index (χ0v) is 7.12. The van der Waals surface area contributed by atoms with Gasteiger partial charge in [-0.2, -0.15) is 5.10 Å². The molecule has 1 heterocycles. The van der Waals surface area contributed by atoms with Gasteiger partial charge in [-0.05, 0) is 13.3 Å². The van der Waals surface area contributed by atoms with Gasteiger partial charge in [-0.1, -0.05) is 6.92 Å². The van der Waals surface area contributed by atoms with E-state index >= 15 is 0 Å². The van der Waals surface area contributed by atoms with E-state index in [0.717, 1.165) is 18.5 Å². The van der Waals surface area contributed by atoms with E-state index in [4.69, 9.17) is 5.73 Å². The summed E-state index contributed by atoms with van der Waals surface area (Å²) in [6.07, 6.45) is 4.82. The van der Waals surface area contributed by atoms with Gasteiger partial charge in [0.15, 0.2) is 0 Å². The molecule has 0 amide bonds. The third-order valence-corrected chi connectivity index (χ3v) is 1.85. The molecule has 0 unspecified atom stereocenters. The maximum atomic E-state index is 5.81. The van der Waals surface area contributed by atoms with Crippen LogP contribution in [0.2, 0.25) is 0 Å². The van der Waals surface area contributed by atoms with Crippen LogP contribution >= 0.6 is 0 Å². The monoisotopic (exact) mass is 153 g/mol. The lowest BCUT2D eigenvalue weighted by Crippen LogP contribution is -2.07. The van der Waals surface area contributed by atoms with Crippen LogP contribution in [0.15, 0.2) is 12.4 Å². The summed E-state index contributed by atoms with van der Waals surface area (Å²) < 4.78 is 1.89. The van der Waals surface area contributed by atoms with E-state index in [2.05, 4.69) is 18.9 Å². The molecule has 1 aromatic rings. The van der Waals surface area contributed by atoms with Crippen molar-refractivity contribution in [2.45, 2.75) is 32.9 Å². The van der Waals surface area contributed by atoms with E-state index in [0.29, 0.717) is 0 Å². The van der Waals surface area contributed by atoms with E-state index in [1.807, 2.05) is 17.1 Å². The first-order chi connectivity index (χ1) is 5.27. The number of hydrogen-bond acceptors (Lipinski definition) is 2. The van der Waals surface area contributed by atoms with Gasteiger partial charge in [-0.15, -0.1) is 0 Å². The molecule has 0 bridgehead atoms. The summed E-state index contributed by atoms with van der Waals surface area (Å²) >= 11 is 0. The highest BCUT2D eigenvalue weighted by molar-refractivity contribution is 5.08. The molecule has 1 aromatic heterocycles. The van der Waals surface area contributed by atoms with Crippen molar-refractivity contribution >= 4 is 0 Å². The van der Waals surface area contributed by atoms with E-state index in [1.165, 1.54) is 0 Å². The second-order valence-corrected chi connectivity index (χ2v) is 2.64. The SMILES string of the molecule is CC[C@@H](N)c1cnn(CC)c1. The molecule has 62 valence electrons. The van der Waals surface area contributed by atoms with Crippen LogP contribution in [0, 0.1) is 0 Å². The fourth-order valence-electron chi connectivity index (χ4n) is 0.980. The lowest BCUT2D eigenvalue weighted by atomic mass is 10.1. The number of rotatable bonds is 3. The maximum Gasteiger partial charge on any atom is 0.0537 e. The van der Waals surface area contributed by atoms with Crippen molar-refractivity contribution in [1.82, 2.24) is 9.78 Å². The van der Waals surface area contributed by atoms with Crippen LogP contribution in [-0.4, -0.2) is 9.78 Å². The topological polar surface area (TPSA) is 43.8 Å². The van der Waals surface area contributed by atoms with Crippen LogP contribution in [0.3, 0.4) is 0 Å². The smallest absolute Gasteiger partial charge is 0.0537 e. The Labute approximate surface area is 67.2 Å². The minimum Gasteiger partial charge on any atom is -0.324 e. The van der Waals surface area contributed by atoms with Crippen molar-refractivity contribution in [3.63, 3.8) is 0 Å². The third kappa shape index (κ3) is 1.80. The summed E-state index contributed by atoms with van der Waals surface area (Å²) in [5.41, 5.74) is 6.94. The van der Waals surface area contributed by atoms with Crippen LogP contribution in [0.4, 0.5) is 0 Å². The number of nitrogens with zero attached hydrogens (tertiary/aromatic N) is 2. The Morgan fingerprint density at radius 1 is 1.64 bits per heavy atom. The molecule has 1 atom stereocenters.